The molecule has 0 aliphatic heterocycles. The highest BCUT2D eigenvalue weighted by atomic mass is 16.7. The first-order valence-electron chi connectivity index (χ1n) is 10.2. The van der Waals surface area contributed by atoms with E-state index in [1.54, 1.807) is 6.92 Å². The Morgan fingerprint density at radius 3 is 2.19 bits per heavy atom. The molecular weight excluding hydrogens is 416 g/mol. The van der Waals surface area contributed by atoms with Gasteiger partial charge >= 0.3 is 12.1 Å². The summed E-state index contributed by atoms with van der Waals surface area (Å²) in [6.07, 6.45) is -2.09. The van der Waals surface area contributed by atoms with Crippen LogP contribution in [0.3, 0.4) is 0 Å². The number of rotatable bonds is 10. The summed E-state index contributed by atoms with van der Waals surface area (Å²) in [6.45, 7) is 1.58. The van der Waals surface area contributed by atoms with Gasteiger partial charge in [-0.05, 0) is 29.2 Å². The van der Waals surface area contributed by atoms with Crippen molar-refractivity contribution in [3.63, 3.8) is 0 Å². The summed E-state index contributed by atoms with van der Waals surface area (Å²) in [5.41, 5.74) is 6.54. The van der Waals surface area contributed by atoms with Gasteiger partial charge in [-0.1, -0.05) is 48.5 Å². The molecule has 1 aliphatic rings. The predicted octanol–water partition coefficient (Wildman–Crippen LogP) is 2.45. The Bertz CT molecular complexity index is 933. The molecule has 0 fully saturated rings. The minimum Gasteiger partial charge on any atom is -0.479 e. The van der Waals surface area contributed by atoms with Gasteiger partial charge in [-0.2, -0.15) is 0 Å². The van der Waals surface area contributed by atoms with Gasteiger partial charge in [-0.3, -0.25) is 9.63 Å². The molecule has 0 spiro atoms. The smallest absolute Gasteiger partial charge is 0.407 e. The fourth-order valence-electron chi connectivity index (χ4n) is 3.66. The van der Waals surface area contributed by atoms with E-state index in [2.05, 4.69) is 22.9 Å². The number of carbonyl (C=O) groups excluding carboxylic acids is 2. The van der Waals surface area contributed by atoms with Crippen LogP contribution in [0.2, 0.25) is 0 Å². The lowest BCUT2D eigenvalue weighted by molar-refractivity contribution is -0.165. The highest BCUT2D eigenvalue weighted by Crippen LogP contribution is 2.44. The SMILES string of the molecule is COCC(ONC(=O)C[C@@H](C)NC(=O)OCC1c2ccccc2-c2ccccc21)C(=O)O. The summed E-state index contributed by atoms with van der Waals surface area (Å²) >= 11 is 0. The van der Waals surface area contributed by atoms with Crippen LogP contribution in [-0.4, -0.2) is 55.5 Å². The average molecular weight is 442 g/mol. The number of methoxy groups -OCH3 is 1. The highest BCUT2D eigenvalue weighted by Gasteiger charge is 2.29. The molecule has 32 heavy (non-hydrogen) atoms. The molecule has 9 heteroatoms. The van der Waals surface area contributed by atoms with Crippen LogP contribution >= 0.6 is 0 Å². The summed E-state index contributed by atoms with van der Waals surface area (Å²) in [7, 11) is 1.32. The summed E-state index contributed by atoms with van der Waals surface area (Å²) < 4.78 is 10.2. The quantitative estimate of drug-likeness (QED) is 0.483. The molecule has 1 aliphatic carbocycles. The third-order valence-corrected chi connectivity index (χ3v) is 5.11. The van der Waals surface area contributed by atoms with Crippen LogP contribution in [0.15, 0.2) is 48.5 Å². The van der Waals surface area contributed by atoms with Gasteiger partial charge in [0.1, 0.15) is 6.61 Å². The van der Waals surface area contributed by atoms with E-state index in [0.29, 0.717) is 0 Å². The number of benzene rings is 2. The number of hydroxylamine groups is 1. The maximum atomic E-state index is 12.3. The number of hydrogen-bond donors (Lipinski definition) is 3. The van der Waals surface area contributed by atoms with Crippen LogP contribution < -0.4 is 10.8 Å². The molecule has 9 nitrogen and oxygen atoms in total. The van der Waals surface area contributed by atoms with Crippen molar-refractivity contribution in [3.8, 4) is 11.1 Å². The normalized spacial score (nSPS) is 14.1. The molecule has 0 radical (unpaired) electrons. The van der Waals surface area contributed by atoms with Crippen molar-refractivity contribution < 1.29 is 33.8 Å². The molecule has 0 saturated heterocycles. The van der Waals surface area contributed by atoms with Gasteiger partial charge < -0.3 is 19.9 Å². The fourth-order valence-corrected chi connectivity index (χ4v) is 3.66. The molecule has 1 unspecified atom stereocenters. The molecule has 2 aromatic carbocycles. The molecule has 0 bridgehead atoms. The van der Waals surface area contributed by atoms with E-state index in [4.69, 9.17) is 19.4 Å². The second-order valence-corrected chi connectivity index (χ2v) is 7.50. The van der Waals surface area contributed by atoms with Gasteiger partial charge in [0.15, 0.2) is 0 Å². The van der Waals surface area contributed by atoms with E-state index in [9.17, 15) is 14.4 Å². The second kappa shape index (κ2) is 10.7. The van der Waals surface area contributed by atoms with Crippen LogP contribution in [0, 0.1) is 0 Å². The number of amides is 2. The highest BCUT2D eigenvalue weighted by molar-refractivity contribution is 5.79. The van der Waals surface area contributed by atoms with Crippen molar-refractivity contribution in [2.75, 3.05) is 20.3 Å². The van der Waals surface area contributed by atoms with Crippen molar-refractivity contribution in [1.29, 1.82) is 0 Å². The van der Waals surface area contributed by atoms with Crippen molar-refractivity contribution in [2.45, 2.75) is 31.4 Å². The Hall–Kier alpha value is -3.43. The van der Waals surface area contributed by atoms with Crippen molar-refractivity contribution in [1.82, 2.24) is 10.8 Å². The molecule has 2 aromatic rings. The first-order chi connectivity index (χ1) is 15.4. The Morgan fingerprint density at radius 2 is 1.62 bits per heavy atom. The van der Waals surface area contributed by atoms with E-state index in [1.807, 2.05) is 36.4 Å². The third kappa shape index (κ3) is 5.63. The fraction of sp³-hybridized carbons (Fsp3) is 0.348. The van der Waals surface area contributed by atoms with E-state index in [-0.39, 0.29) is 25.6 Å². The number of carboxylic acids is 1. The molecule has 0 aromatic heterocycles. The number of fused-ring (bicyclic) bond motifs is 3. The number of ether oxygens (including phenoxy) is 2. The number of carboxylic acid groups (broad SMARTS) is 1. The van der Waals surface area contributed by atoms with Crippen LogP contribution in [0.5, 0.6) is 0 Å². The first kappa shape index (κ1) is 23.2. The summed E-state index contributed by atoms with van der Waals surface area (Å²) in [4.78, 5) is 40.0. The lowest BCUT2D eigenvalue weighted by Gasteiger charge is -2.17. The summed E-state index contributed by atoms with van der Waals surface area (Å²) in [5, 5.41) is 11.6. The molecule has 3 rings (SSSR count). The maximum Gasteiger partial charge on any atom is 0.407 e. The lowest BCUT2D eigenvalue weighted by atomic mass is 9.98. The van der Waals surface area contributed by atoms with E-state index in [1.165, 1.54) is 7.11 Å². The van der Waals surface area contributed by atoms with E-state index in [0.717, 1.165) is 22.3 Å². The monoisotopic (exact) mass is 442 g/mol. The number of carbonyl (C=O) groups is 3. The van der Waals surface area contributed by atoms with Crippen LogP contribution in [0.1, 0.15) is 30.4 Å². The third-order valence-electron chi connectivity index (χ3n) is 5.11. The van der Waals surface area contributed by atoms with Crippen molar-refractivity contribution >= 4 is 18.0 Å². The molecule has 0 saturated carbocycles. The van der Waals surface area contributed by atoms with Crippen LogP contribution in [0.25, 0.3) is 11.1 Å². The Kier molecular flexibility index (Phi) is 7.80. The lowest BCUT2D eigenvalue weighted by Crippen LogP contribution is -2.41. The Labute approximate surface area is 185 Å². The number of hydrogen-bond acceptors (Lipinski definition) is 6. The van der Waals surface area contributed by atoms with Gasteiger partial charge in [0.25, 0.3) is 0 Å². The largest absolute Gasteiger partial charge is 0.479 e. The second-order valence-electron chi connectivity index (χ2n) is 7.50. The average Bonchev–Trinajstić information content (AvgIpc) is 3.08. The zero-order valence-electron chi connectivity index (χ0n) is 17.9. The van der Waals surface area contributed by atoms with Gasteiger partial charge in [-0.25, -0.2) is 15.1 Å². The summed E-state index contributed by atoms with van der Waals surface area (Å²) in [6, 6.07) is 15.5. The number of nitrogens with one attached hydrogen (secondary N) is 2. The maximum absolute atomic E-state index is 12.3. The van der Waals surface area contributed by atoms with Gasteiger partial charge in [0.2, 0.25) is 12.0 Å². The molecule has 0 heterocycles. The summed E-state index contributed by atoms with van der Waals surface area (Å²) in [5.74, 6) is -1.91. The van der Waals surface area contributed by atoms with Crippen molar-refractivity contribution in [2.24, 2.45) is 0 Å². The van der Waals surface area contributed by atoms with Gasteiger partial charge in [0, 0.05) is 25.5 Å². The number of alkyl carbamates (subject to hydrolysis) is 1. The van der Waals surface area contributed by atoms with Crippen LogP contribution in [0.4, 0.5) is 4.79 Å². The zero-order chi connectivity index (χ0) is 23.1. The standard InChI is InChI=1S/C23H26N2O7/c1-14(11-21(26)25-32-20(13-30-2)22(27)28)24-23(29)31-12-19-17-9-5-3-7-15(17)16-8-4-6-10-18(16)19/h3-10,14,19-20H,11-13H2,1-2H3,(H,24,29)(H,25,26)(H,27,28)/t14-,20?/m1/s1. The Balaban J connectivity index is 1.48. The first-order valence-corrected chi connectivity index (χ1v) is 10.2. The van der Waals surface area contributed by atoms with E-state index >= 15 is 0 Å². The molecule has 170 valence electrons. The molecule has 3 N–H and O–H groups in total. The zero-order valence-corrected chi connectivity index (χ0v) is 17.9. The minimum atomic E-state index is -1.32. The molecule has 2 amide bonds. The van der Waals surface area contributed by atoms with Gasteiger partial charge in [0.05, 0.1) is 6.61 Å². The van der Waals surface area contributed by atoms with Gasteiger partial charge in [-0.15, -0.1) is 0 Å². The topological polar surface area (TPSA) is 123 Å². The van der Waals surface area contributed by atoms with E-state index < -0.39 is 30.1 Å². The Morgan fingerprint density at radius 1 is 1.03 bits per heavy atom. The van der Waals surface area contributed by atoms with Crippen molar-refractivity contribution in [3.05, 3.63) is 59.7 Å². The molecule has 2 atom stereocenters. The minimum absolute atomic E-state index is 0.0612. The molecular formula is C23H26N2O7. The predicted molar refractivity (Wildman–Crippen MR) is 115 cm³/mol. The number of aliphatic carboxylic acids is 1. The van der Waals surface area contributed by atoms with Crippen LogP contribution in [-0.2, 0) is 23.9 Å².